The molecule has 194 valence electrons. The molecule has 38 heavy (non-hydrogen) atoms. The molecule has 0 aliphatic carbocycles. The van der Waals surface area contributed by atoms with Crippen molar-refractivity contribution in [3.8, 4) is 28.8 Å². The number of amides is 1. The van der Waals surface area contributed by atoms with Gasteiger partial charge in [0.2, 0.25) is 11.8 Å². The van der Waals surface area contributed by atoms with E-state index in [2.05, 4.69) is 10.3 Å². The number of aryl methyl sites for hydroxylation is 3. The number of ether oxygens (including phenoxy) is 2. The molecule has 3 heterocycles. The first-order valence-corrected chi connectivity index (χ1v) is 13.2. The quantitative estimate of drug-likeness (QED) is 0.214. The third-order valence-corrected chi connectivity index (χ3v) is 7.55. The van der Waals surface area contributed by atoms with Gasteiger partial charge in [0.05, 0.1) is 36.3 Å². The number of pyridine rings is 1. The Bertz CT molecular complexity index is 1540. The number of aliphatic hydroxyl groups excluding tert-OH is 1. The van der Waals surface area contributed by atoms with Crippen molar-refractivity contribution in [2.24, 2.45) is 0 Å². The van der Waals surface area contributed by atoms with Crippen LogP contribution in [-0.2, 0) is 17.8 Å². The first kappa shape index (κ1) is 25.7. The van der Waals surface area contributed by atoms with Crippen molar-refractivity contribution in [3.63, 3.8) is 0 Å². The number of para-hydroxylation sites is 1. The minimum atomic E-state index is -0.157. The molecule has 2 N–H and O–H groups in total. The second kappa shape index (κ2) is 10.8. The fourth-order valence-electron chi connectivity index (χ4n) is 4.31. The fraction of sp³-hybridized carbons (Fsp3) is 0.241. The minimum absolute atomic E-state index is 0.141. The normalized spacial score (nSPS) is 11.8. The van der Waals surface area contributed by atoms with E-state index in [4.69, 9.17) is 19.4 Å². The SMILES string of the molecule is COc1ccccc1-c1nc2c(c(SCC(=O)Nc3ccc(C)c(C)c3)n1)Cc1c(CO)cnc(C)c1O2. The zero-order valence-electron chi connectivity index (χ0n) is 21.7. The average Bonchev–Trinajstić information content (AvgIpc) is 2.93. The van der Waals surface area contributed by atoms with Crippen molar-refractivity contribution in [2.45, 2.75) is 38.8 Å². The van der Waals surface area contributed by atoms with E-state index in [1.807, 2.05) is 63.2 Å². The summed E-state index contributed by atoms with van der Waals surface area (Å²) in [5.74, 6) is 2.08. The molecule has 9 heteroatoms. The Morgan fingerprint density at radius 2 is 1.92 bits per heavy atom. The molecule has 2 aromatic carbocycles. The molecule has 8 nitrogen and oxygen atoms in total. The predicted octanol–water partition coefficient (Wildman–Crippen LogP) is 5.39. The van der Waals surface area contributed by atoms with E-state index >= 15 is 0 Å². The highest BCUT2D eigenvalue weighted by Gasteiger charge is 2.28. The maximum absolute atomic E-state index is 12.9. The molecule has 1 aliphatic rings. The molecular formula is C29H28N4O4S. The van der Waals surface area contributed by atoms with Crippen LogP contribution in [0, 0.1) is 20.8 Å². The van der Waals surface area contributed by atoms with Gasteiger partial charge >= 0.3 is 0 Å². The summed E-state index contributed by atoms with van der Waals surface area (Å²) >= 11 is 1.32. The Morgan fingerprint density at radius 3 is 2.68 bits per heavy atom. The number of hydrogen-bond acceptors (Lipinski definition) is 8. The van der Waals surface area contributed by atoms with E-state index in [-0.39, 0.29) is 18.3 Å². The summed E-state index contributed by atoms with van der Waals surface area (Å²) in [4.78, 5) is 26.8. The number of thioether (sulfide) groups is 1. The van der Waals surface area contributed by atoms with Crippen LogP contribution in [0.25, 0.3) is 11.4 Å². The third-order valence-electron chi connectivity index (χ3n) is 6.54. The highest BCUT2D eigenvalue weighted by molar-refractivity contribution is 8.00. The van der Waals surface area contributed by atoms with E-state index in [9.17, 15) is 9.90 Å². The molecule has 1 amide bonds. The Kier molecular flexibility index (Phi) is 7.31. The Hall–Kier alpha value is -3.95. The van der Waals surface area contributed by atoms with Crippen LogP contribution in [0.2, 0.25) is 0 Å². The topological polar surface area (TPSA) is 106 Å². The van der Waals surface area contributed by atoms with Crippen molar-refractivity contribution in [1.82, 2.24) is 15.0 Å². The molecule has 0 saturated heterocycles. The molecule has 0 bridgehead atoms. The number of hydrogen-bond donors (Lipinski definition) is 2. The summed E-state index contributed by atoms with van der Waals surface area (Å²) in [6.07, 6.45) is 2.12. The molecule has 0 atom stereocenters. The van der Waals surface area contributed by atoms with Gasteiger partial charge in [0, 0.05) is 29.4 Å². The lowest BCUT2D eigenvalue weighted by Gasteiger charge is -2.24. The molecule has 4 aromatic rings. The van der Waals surface area contributed by atoms with Crippen LogP contribution in [0.15, 0.2) is 53.7 Å². The van der Waals surface area contributed by atoms with Crippen LogP contribution < -0.4 is 14.8 Å². The van der Waals surface area contributed by atoms with Crippen LogP contribution in [-0.4, -0.2) is 38.8 Å². The lowest BCUT2D eigenvalue weighted by Crippen LogP contribution is -2.16. The lowest BCUT2D eigenvalue weighted by molar-refractivity contribution is -0.113. The Labute approximate surface area is 225 Å². The van der Waals surface area contributed by atoms with Crippen LogP contribution in [0.3, 0.4) is 0 Å². The third kappa shape index (κ3) is 5.07. The predicted molar refractivity (Wildman–Crippen MR) is 147 cm³/mol. The Balaban J connectivity index is 1.50. The first-order chi connectivity index (χ1) is 18.4. The molecule has 5 rings (SSSR count). The maximum atomic E-state index is 12.9. The van der Waals surface area contributed by atoms with Gasteiger partial charge in [-0.25, -0.2) is 4.98 Å². The van der Waals surface area contributed by atoms with Crippen LogP contribution in [0.4, 0.5) is 5.69 Å². The van der Waals surface area contributed by atoms with Gasteiger partial charge in [-0.1, -0.05) is 30.0 Å². The van der Waals surface area contributed by atoms with Crippen molar-refractivity contribution in [2.75, 3.05) is 18.2 Å². The lowest BCUT2D eigenvalue weighted by atomic mass is 9.99. The van der Waals surface area contributed by atoms with Gasteiger partial charge in [0.25, 0.3) is 0 Å². The molecule has 2 aromatic heterocycles. The monoisotopic (exact) mass is 528 g/mol. The van der Waals surface area contributed by atoms with Crippen LogP contribution in [0.1, 0.15) is 33.5 Å². The standard InChI is InChI=1S/C29H28N4O4S/c1-16-9-10-20(11-17(16)2)31-25(35)15-38-29-23-12-22-19(14-34)13-30-18(3)26(22)37-28(23)32-27(33-29)21-7-5-6-8-24(21)36-4/h5-11,13,34H,12,14-15H2,1-4H3,(H,31,35). The summed E-state index contributed by atoms with van der Waals surface area (Å²) in [5, 5.41) is 13.5. The number of aliphatic hydroxyl groups is 1. The van der Waals surface area contributed by atoms with Crippen LogP contribution in [0.5, 0.6) is 17.4 Å². The minimum Gasteiger partial charge on any atom is -0.496 e. The number of fused-ring (bicyclic) bond motifs is 2. The number of nitrogens with one attached hydrogen (secondary N) is 1. The molecule has 0 saturated carbocycles. The molecule has 0 unspecified atom stereocenters. The van der Waals surface area contributed by atoms with E-state index in [1.54, 1.807) is 13.3 Å². The summed E-state index contributed by atoms with van der Waals surface area (Å²) in [5.41, 5.74) is 6.76. The van der Waals surface area contributed by atoms with Gasteiger partial charge in [-0.3, -0.25) is 9.78 Å². The molecule has 0 radical (unpaired) electrons. The van der Waals surface area contributed by atoms with Crippen molar-refractivity contribution in [1.29, 1.82) is 0 Å². The number of aromatic nitrogens is 3. The number of anilines is 1. The van der Waals surface area contributed by atoms with E-state index < -0.39 is 0 Å². The van der Waals surface area contributed by atoms with E-state index in [0.717, 1.165) is 22.4 Å². The fourth-order valence-corrected chi connectivity index (χ4v) is 5.14. The number of benzene rings is 2. The van der Waals surface area contributed by atoms with Gasteiger partial charge < -0.3 is 19.9 Å². The average molecular weight is 529 g/mol. The summed E-state index contributed by atoms with van der Waals surface area (Å²) < 4.78 is 11.8. The largest absolute Gasteiger partial charge is 0.496 e. The number of carbonyl (C=O) groups excluding carboxylic acids is 1. The van der Waals surface area contributed by atoms with E-state index in [1.165, 1.54) is 17.3 Å². The van der Waals surface area contributed by atoms with Gasteiger partial charge in [-0.05, 0) is 56.2 Å². The van der Waals surface area contributed by atoms with Gasteiger partial charge in [-0.15, -0.1) is 0 Å². The van der Waals surface area contributed by atoms with Crippen molar-refractivity contribution in [3.05, 3.63) is 82.2 Å². The number of rotatable bonds is 7. The molecule has 0 fully saturated rings. The smallest absolute Gasteiger partial charge is 0.234 e. The van der Waals surface area contributed by atoms with Crippen molar-refractivity contribution < 1.29 is 19.4 Å². The first-order valence-electron chi connectivity index (χ1n) is 12.2. The summed E-state index contributed by atoms with van der Waals surface area (Å²) in [6.45, 7) is 5.76. The van der Waals surface area contributed by atoms with Crippen LogP contribution >= 0.6 is 11.8 Å². The van der Waals surface area contributed by atoms with Gasteiger partial charge in [0.15, 0.2) is 11.6 Å². The molecule has 0 spiro atoms. The van der Waals surface area contributed by atoms with Gasteiger partial charge in [-0.2, -0.15) is 4.98 Å². The second-order valence-corrected chi connectivity index (χ2v) is 10.0. The maximum Gasteiger partial charge on any atom is 0.234 e. The number of nitrogens with zero attached hydrogens (tertiary/aromatic N) is 3. The highest BCUT2D eigenvalue weighted by atomic mass is 32.2. The van der Waals surface area contributed by atoms with Crippen molar-refractivity contribution >= 4 is 23.4 Å². The molecular weight excluding hydrogens is 500 g/mol. The van der Waals surface area contributed by atoms with E-state index in [0.29, 0.717) is 51.5 Å². The zero-order valence-corrected chi connectivity index (χ0v) is 22.5. The zero-order chi connectivity index (χ0) is 26.8. The summed E-state index contributed by atoms with van der Waals surface area (Å²) in [7, 11) is 1.60. The highest BCUT2D eigenvalue weighted by Crippen LogP contribution is 2.43. The summed E-state index contributed by atoms with van der Waals surface area (Å²) in [6, 6.07) is 13.3. The van der Waals surface area contributed by atoms with Gasteiger partial charge in [0.1, 0.15) is 10.8 Å². The molecule has 1 aliphatic heterocycles. The second-order valence-electron chi connectivity index (χ2n) is 9.09. The number of carbonyl (C=O) groups is 1. The Morgan fingerprint density at radius 1 is 1.11 bits per heavy atom. The number of methoxy groups -OCH3 is 1.